The summed E-state index contributed by atoms with van der Waals surface area (Å²) >= 11 is 1.25. The van der Waals surface area contributed by atoms with Crippen LogP contribution in [-0.4, -0.2) is 35.6 Å². The van der Waals surface area contributed by atoms with E-state index in [0.717, 1.165) is 5.56 Å². The average Bonchev–Trinajstić information content (AvgIpc) is 3.20. The molecule has 0 aliphatic heterocycles. The highest BCUT2D eigenvalue weighted by Crippen LogP contribution is 2.12. The van der Waals surface area contributed by atoms with Crippen molar-refractivity contribution >= 4 is 29.3 Å². The van der Waals surface area contributed by atoms with E-state index in [-0.39, 0.29) is 37.3 Å². The maximum Gasteiger partial charge on any atom is 0.408 e. The summed E-state index contributed by atoms with van der Waals surface area (Å²) in [6.45, 7) is 6.19. The number of aromatic nitrogens is 1. The number of benzene rings is 1. The van der Waals surface area contributed by atoms with Gasteiger partial charge in [0.2, 0.25) is 5.91 Å². The van der Waals surface area contributed by atoms with E-state index < -0.39 is 18.1 Å². The molecule has 2 N–H and O–H groups in total. The van der Waals surface area contributed by atoms with E-state index >= 15 is 0 Å². The number of thiazole rings is 1. The number of carbonyl (C=O) groups is 3. The van der Waals surface area contributed by atoms with Crippen molar-refractivity contribution in [3.63, 3.8) is 0 Å². The summed E-state index contributed by atoms with van der Waals surface area (Å²) in [7, 11) is 0. The van der Waals surface area contributed by atoms with Gasteiger partial charge in [0, 0.05) is 5.38 Å². The quantitative estimate of drug-likeness (QED) is 0.557. The monoisotopic (exact) mass is 433 g/mol. The highest BCUT2D eigenvalue weighted by Gasteiger charge is 2.23. The zero-order valence-electron chi connectivity index (χ0n) is 17.3. The molecule has 1 aromatic heterocycles. The Morgan fingerprint density at radius 1 is 1.13 bits per heavy atom. The Morgan fingerprint density at radius 2 is 1.87 bits per heavy atom. The number of carbonyl (C=O) groups excluding carboxylic acids is 3. The zero-order chi connectivity index (χ0) is 21.9. The van der Waals surface area contributed by atoms with Crippen molar-refractivity contribution in [1.82, 2.24) is 15.6 Å². The van der Waals surface area contributed by atoms with Crippen molar-refractivity contribution < 1.29 is 23.9 Å². The Kier molecular flexibility index (Phi) is 9.27. The number of amides is 2. The molecule has 2 rings (SSSR count). The van der Waals surface area contributed by atoms with Crippen molar-refractivity contribution in [2.75, 3.05) is 6.61 Å². The largest absolute Gasteiger partial charge is 0.461 e. The second kappa shape index (κ2) is 11.9. The summed E-state index contributed by atoms with van der Waals surface area (Å²) in [5.41, 5.74) is 1.08. The molecule has 1 heterocycles. The minimum absolute atomic E-state index is 0.123. The van der Waals surface area contributed by atoms with Crippen LogP contribution in [0.25, 0.3) is 0 Å². The molecule has 162 valence electrons. The number of nitrogens with zero attached hydrogens (tertiary/aromatic N) is 1. The fourth-order valence-electron chi connectivity index (χ4n) is 2.59. The van der Waals surface area contributed by atoms with Gasteiger partial charge in [0.1, 0.15) is 17.7 Å². The number of rotatable bonds is 10. The fraction of sp³-hybridized carbons (Fsp3) is 0.429. The molecule has 0 radical (unpaired) electrons. The van der Waals surface area contributed by atoms with Crippen molar-refractivity contribution in [2.45, 2.75) is 46.4 Å². The van der Waals surface area contributed by atoms with Gasteiger partial charge in [-0.2, -0.15) is 0 Å². The highest BCUT2D eigenvalue weighted by atomic mass is 32.1. The van der Waals surface area contributed by atoms with Crippen LogP contribution in [0, 0.1) is 5.92 Å². The van der Waals surface area contributed by atoms with Gasteiger partial charge in [0.05, 0.1) is 13.2 Å². The van der Waals surface area contributed by atoms with E-state index in [2.05, 4.69) is 15.6 Å². The third-order valence-electron chi connectivity index (χ3n) is 3.98. The number of hydrogen-bond donors (Lipinski definition) is 2. The van der Waals surface area contributed by atoms with Gasteiger partial charge in [-0.15, -0.1) is 11.3 Å². The van der Waals surface area contributed by atoms with Gasteiger partial charge in [-0.1, -0.05) is 44.2 Å². The fourth-order valence-corrected chi connectivity index (χ4v) is 3.29. The molecule has 0 unspecified atom stereocenters. The van der Waals surface area contributed by atoms with Crippen LogP contribution in [0.1, 0.15) is 48.3 Å². The lowest BCUT2D eigenvalue weighted by molar-refractivity contribution is -0.123. The molecule has 0 aliphatic rings. The van der Waals surface area contributed by atoms with Gasteiger partial charge in [-0.05, 0) is 24.8 Å². The Hall–Kier alpha value is -2.94. The Balaban J connectivity index is 1.88. The lowest BCUT2D eigenvalue weighted by atomic mass is 10.0. The van der Waals surface area contributed by atoms with Crippen LogP contribution in [0.2, 0.25) is 0 Å². The molecule has 1 aromatic carbocycles. The number of alkyl carbamates (subject to hydrolysis) is 1. The summed E-state index contributed by atoms with van der Waals surface area (Å²) in [6, 6.07) is 8.56. The predicted molar refractivity (Wildman–Crippen MR) is 113 cm³/mol. The van der Waals surface area contributed by atoms with E-state index in [1.165, 1.54) is 11.3 Å². The Labute approximate surface area is 180 Å². The maximum absolute atomic E-state index is 12.6. The van der Waals surface area contributed by atoms with Gasteiger partial charge in [-0.25, -0.2) is 14.6 Å². The van der Waals surface area contributed by atoms with E-state index in [0.29, 0.717) is 11.4 Å². The summed E-state index contributed by atoms with van der Waals surface area (Å²) in [5.74, 6) is -0.648. The summed E-state index contributed by atoms with van der Waals surface area (Å²) in [5, 5.41) is 7.54. The van der Waals surface area contributed by atoms with Crippen LogP contribution < -0.4 is 10.6 Å². The predicted octanol–water partition coefficient (Wildman–Crippen LogP) is 3.28. The molecular weight excluding hydrogens is 406 g/mol. The lowest BCUT2D eigenvalue weighted by Crippen LogP contribution is -2.47. The van der Waals surface area contributed by atoms with E-state index in [1.54, 1.807) is 12.3 Å². The lowest BCUT2D eigenvalue weighted by Gasteiger charge is -2.19. The second-order valence-electron chi connectivity index (χ2n) is 6.95. The summed E-state index contributed by atoms with van der Waals surface area (Å²) in [6.07, 6.45) is -0.198. The van der Waals surface area contributed by atoms with Crippen LogP contribution in [0.3, 0.4) is 0 Å². The highest BCUT2D eigenvalue weighted by molar-refractivity contribution is 7.09. The first kappa shape index (κ1) is 23.3. The maximum atomic E-state index is 12.6. The molecule has 8 nitrogen and oxygen atoms in total. The van der Waals surface area contributed by atoms with Gasteiger partial charge in [0.15, 0.2) is 5.69 Å². The molecule has 1 atom stereocenters. The van der Waals surface area contributed by atoms with Crippen LogP contribution in [-0.2, 0) is 27.4 Å². The van der Waals surface area contributed by atoms with Crippen LogP contribution >= 0.6 is 11.3 Å². The van der Waals surface area contributed by atoms with E-state index in [1.807, 2.05) is 44.2 Å². The molecule has 0 saturated heterocycles. The van der Waals surface area contributed by atoms with Crippen molar-refractivity contribution in [3.8, 4) is 0 Å². The molecular formula is C21H27N3O5S. The van der Waals surface area contributed by atoms with Crippen molar-refractivity contribution in [2.24, 2.45) is 5.92 Å². The van der Waals surface area contributed by atoms with Crippen LogP contribution in [0.15, 0.2) is 35.7 Å². The molecule has 0 saturated carbocycles. The van der Waals surface area contributed by atoms with Crippen LogP contribution in [0.4, 0.5) is 4.79 Å². The van der Waals surface area contributed by atoms with Gasteiger partial charge in [0.25, 0.3) is 0 Å². The Morgan fingerprint density at radius 3 is 2.53 bits per heavy atom. The first-order valence-corrected chi connectivity index (χ1v) is 10.6. The third-order valence-corrected chi connectivity index (χ3v) is 4.83. The van der Waals surface area contributed by atoms with Crippen LogP contribution in [0.5, 0.6) is 0 Å². The second-order valence-corrected chi connectivity index (χ2v) is 7.90. The minimum atomic E-state index is -0.738. The smallest absolute Gasteiger partial charge is 0.408 e. The number of esters is 1. The SMILES string of the molecule is CCOC(=O)c1csc(CNC(=O)[C@H](CC(C)C)NC(=O)OCc2ccccc2)n1. The topological polar surface area (TPSA) is 107 Å². The third kappa shape index (κ3) is 7.82. The molecule has 9 heteroatoms. The molecule has 2 amide bonds. The summed E-state index contributed by atoms with van der Waals surface area (Å²) < 4.78 is 10.1. The molecule has 0 fully saturated rings. The first-order valence-electron chi connectivity index (χ1n) is 9.75. The van der Waals surface area contributed by atoms with E-state index in [9.17, 15) is 14.4 Å². The molecule has 30 heavy (non-hydrogen) atoms. The number of ether oxygens (including phenoxy) is 2. The molecule has 0 bridgehead atoms. The normalized spacial score (nSPS) is 11.6. The molecule has 2 aromatic rings. The number of nitrogens with one attached hydrogen (secondary N) is 2. The standard InChI is InChI=1S/C21H27N3O5S/c1-4-28-20(26)17-13-30-18(23-17)11-22-19(25)16(10-14(2)3)24-21(27)29-12-15-8-6-5-7-9-15/h5-9,13-14,16H,4,10-12H2,1-3H3,(H,22,25)(H,24,27)/t16-/m0/s1. The zero-order valence-corrected chi connectivity index (χ0v) is 18.2. The van der Waals surface area contributed by atoms with Crippen molar-refractivity contribution in [1.29, 1.82) is 0 Å². The summed E-state index contributed by atoms with van der Waals surface area (Å²) in [4.78, 5) is 40.6. The first-order chi connectivity index (χ1) is 14.4. The van der Waals surface area contributed by atoms with Crippen molar-refractivity contribution in [3.05, 3.63) is 52.0 Å². The van der Waals surface area contributed by atoms with E-state index in [4.69, 9.17) is 9.47 Å². The minimum Gasteiger partial charge on any atom is -0.461 e. The Bertz CT molecular complexity index is 838. The van der Waals surface area contributed by atoms with Gasteiger partial charge in [-0.3, -0.25) is 4.79 Å². The van der Waals surface area contributed by atoms with Gasteiger partial charge >= 0.3 is 12.1 Å². The number of hydrogen-bond acceptors (Lipinski definition) is 7. The molecule has 0 spiro atoms. The average molecular weight is 434 g/mol. The van der Waals surface area contributed by atoms with Gasteiger partial charge < -0.3 is 20.1 Å². The molecule has 0 aliphatic carbocycles.